The standard InChI is InChI=1S/C23H24ClNO5/c1-28-22(26)20(23(27)29-2)25-18-8-4-3-6-16(18)21-17(7-5-13-30-21)19(25)14-9-11-15(24)12-10-14/h3-4,6,8-12,17,19-21H,5,7,13H2,1-2H3/t17-,19+,21+/m1/s1. The van der Waals surface area contributed by atoms with Crippen molar-refractivity contribution in [1.29, 1.82) is 0 Å². The summed E-state index contributed by atoms with van der Waals surface area (Å²) < 4.78 is 16.2. The zero-order valence-corrected chi connectivity index (χ0v) is 17.7. The number of fused-ring (bicyclic) bond motifs is 3. The van der Waals surface area contributed by atoms with Crippen molar-refractivity contribution in [3.63, 3.8) is 0 Å². The Bertz CT molecular complexity index is 915. The molecule has 0 aromatic heterocycles. The van der Waals surface area contributed by atoms with Crippen molar-refractivity contribution >= 4 is 29.2 Å². The van der Waals surface area contributed by atoms with Crippen molar-refractivity contribution in [1.82, 2.24) is 0 Å². The molecule has 2 aliphatic heterocycles. The van der Waals surface area contributed by atoms with E-state index in [1.165, 1.54) is 14.2 Å². The second-order valence-corrected chi connectivity index (χ2v) is 7.95. The second-order valence-electron chi connectivity index (χ2n) is 7.51. The van der Waals surface area contributed by atoms with Gasteiger partial charge >= 0.3 is 11.9 Å². The fraction of sp³-hybridized carbons (Fsp3) is 0.391. The minimum atomic E-state index is -1.23. The van der Waals surface area contributed by atoms with E-state index < -0.39 is 18.0 Å². The first-order valence-corrected chi connectivity index (χ1v) is 10.3. The van der Waals surface area contributed by atoms with Gasteiger partial charge in [0.1, 0.15) is 0 Å². The highest BCUT2D eigenvalue weighted by molar-refractivity contribution is 6.30. The summed E-state index contributed by atoms with van der Waals surface area (Å²) in [5.41, 5.74) is 2.68. The molecule has 30 heavy (non-hydrogen) atoms. The molecule has 7 heteroatoms. The SMILES string of the molecule is COC(=O)C(C(=O)OC)N1c2ccccc2[C@@H]2OCCC[C@@H]2[C@@H]1c1ccc(Cl)cc1. The Balaban J connectivity index is 1.94. The molecule has 0 amide bonds. The number of esters is 2. The lowest BCUT2D eigenvalue weighted by atomic mass is 9.75. The lowest BCUT2D eigenvalue weighted by Gasteiger charge is -2.50. The lowest BCUT2D eigenvalue weighted by molar-refractivity contribution is -0.154. The average molecular weight is 430 g/mol. The van der Waals surface area contributed by atoms with E-state index in [0.717, 1.165) is 29.7 Å². The summed E-state index contributed by atoms with van der Waals surface area (Å²) >= 11 is 6.13. The highest BCUT2D eigenvalue weighted by Gasteiger charge is 2.49. The van der Waals surface area contributed by atoms with Gasteiger partial charge in [-0.2, -0.15) is 0 Å². The summed E-state index contributed by atoms with van der Waals surface area (Å²) in [4.78, 5) is 27.4. The van der Waals surface area contributed by atoms with Crippen molar-refractivity contribution in [3.8, 4) is 0 Å². The number of rotatable bonds is 4. The van der Waals surface area contributed by atoms with Crippen LogP contribution in [0.5, 0.6) is 0 Å². The van der Waals surface area contributed by atoms with Gasteiger partial charge in [-0.1, -0.05) is 41.9 Å². The summed E-state index contributed by atoms with van der Waals surface area (Å²) in [5.74, 6) is -1.27. The zero-order valence-electron chi connectivity index (χ0n) is 16.9. The molecular weight excluding hydrogens is 406 g/mol. The molecular formula is C23H24ClNO5. The average Bonchev–Trinajstić information content (AvgIpc) is 2.79. The van der Waals surface area contributed by atoms with Gasteiger partial charge in [-0.25, -0.2) is 9.59 Å². The van der Waals surface area contributed by atoms with E-state index in [1.54, 1.807) is 0 Å². The van der Waals surface area contributed by atoms with Gasteiger partial charge in [-0.3, -0.25) is 0 Å². The number of carbonyl (C=O) groups excluding carboxylic acids is 2. The van der Waals surface area contributed by atoms with E-state index in [4.69, 9.17) is 25.8 Å². The van der Waals surface area contributed by atoms with Crippen molar-refractivity contribution in [3.05, 3.63) is 64.7 Å². The lowest BCUT2D eigenvalue weighted by Crippen LogP contribution is -2.55. The van der Waals surface area contributed by atoms with E-state index in [1.807, 2.05) is 53.4 Å². The summed E-state index contributed by atoms with van der Waals surface area (Å²) in [6, 6.07) is 13.7. The smallest absolute Gasteiger partial charge is 0.340 e. The molecule has 0 bridgehead atoms. The van der Waals surface area contributed by atoms with E-state index in [9.17, 15) is 9.59 Å². The van der Waals surface area contributed by atoms with Crippen molar-refractivity contribution < 1.29 is 23.8 Å². The normalized spacial score (nSPS) is 22.8. The summed E-state index contributed by atoms with van der Waals surface area (Å²) in [6.45, 7) is 0.681. The summed E-state index contributed by atoms with van der Waals surface area (Å²) in [7, 11) is 2.55. The van der Waals surface area contributed by atoms with Gasteiger partial charge in [0.15, 0.2) is 0 Å². The Morgan fingerprint density at radius 3 is 2.40 bits per heavy atom. The first-order valence-electron chi connectivity index (χ1n) is 9.96. The number of halogens is 1. The molecule has 4 rings (SSSR count). The maximum absolute atomic E-state index is 12.8. The zero-order chi connectivity index (χ0) is 21.3. The highest BCUT2D eigenvalue weighted by atomic mass is 35.5. The molecule has 2 heterocycles. The largest absolute Gasteiger partial charge is 0.467 e. The van der Waals surface area contributed by atoms with Crippen molar-refractivity contribution in [2.45, 2.75) is 31.0 Å². The predicted molar refractivity (Wildman–Crippen MR) is 112 cm³/mol. The van der Waals surface area contributed by atoms with Gasteiger partial charge < -0.3 is 19.1 Å². The van der Waals surface area contributed by atoms with Crippen LogP contribution >= 0.6 is 11.6 Å². The third-order valence-corrected chi connectivity index (χ3v) is 6.19. The molecule has 0 saturated carbocycles. The van der Waals surface area contributed by atoms with Crippen molar-refractivity contribution in [2.75, 3.05) is 25.7 Å². The molecule has 0 aliphatic carbocycles. The number of methoxy groups -OCH3 is 2. The first-order chi connectivity index (χ1) is 14.6. The van der Waals surface area contributed by atoms with Crippen LogP contribution in [0.15, 0.2) is 48.5 Å². The molecule has 158 valence electrons. The number of benzene rings is 2. The van der Waals surface area contributed by atoms with E-state index in [2.05, 4.69) is 0 Å². The quantitative estimate of drug-likeness (QED) is 0.539. The fourth-order valence-electron chi connectivity index (χ4n) is 4.68. The number of carbonyl (C=O) groups is 2. The Kier molecular flexibility index (Phi) is 5.97. The van der Waals surface area contributed by atoms with Crippen LogP contribution in [0.3, 0.4) is 0 Å². The molecule has 0 spiro atoms. The maximum atomic E-state index is 12.8. The van der Waals surface area contributed by atoms with Crippen LogP contribution in [-0.2, 0) is 23.8 Å². The topological polar surface area (TPSA) is 65.1 Å². The van der Waals surface area contributed by atoms with Crippen LogP contribution in [0, 0.1) is 5.92 Å². The monoisotopic (exact) mass is 429 g/mol. The summed E-state index contributed by atoms with van der Waals surface area (Å²) in [6.07, 6.45) is 1.68. The van der Waals surface area contributed by atoms with Gasteiger partial charge in [-0.15, -0.1) is 0 Å². The van der Waals surface area contributed by atoms with Crippen LogP contribution in [-0.4, -0.2) is 38.8 Å². The maximum Gasteiger partial charge on any atom is 0.340 e. The Hall–Kier alpha value is -2.57. The minimum Gasteiger partial charge on any atom is -0.467 e. The molecule has 3 atom stereocenters. The third kappa shape index (κ3) is 3.55. The summed E-state index contributed by atoms with van der Waals surface area (Å²) in [5, 5.41) is 0.621. The Morgan fingerprint density at radius 2 is 1.73 bits per heavy atom. The molecule has 1 saturated heterocycles. The molecule has 2 aromatic carbocycles. The molecule has 0 radical (unpaired) electrons. The number of hydrogen-bond donors (Lipinski definition) is 0. The van der Waals surface area contributed by atoms with Gasteiger partial charge in [0.05, 0.1) is 26.4 Å². The number of ether oxygens (including phenoxy) is 3. The molecule has 2 aromatic rings. The molecule has 0 N–H and O–H groups in total. The van der Waals surface area contributed by atoms with E-state index >= 15 is 0 Å². The van der Waals surface area contributed by atoms with E-state index in [0.29, 0.717) is 11.6 Å². The second kappa shape index (κ2) is 8.66. The molecule has 1 fully saturated rings. The van der Waals surface area contributed by atoms with Gasteiger partial charge in [0.25, 0.3) is 0 Å². The first kappa shape index (κ1) is 20.7. The third-order valence-electron chi connectivity index (χ3n) is 5.93. The Labute approximate surface area is 180 Å². The van der Waals surface area contributed by atoms with Gasteiger partial charge in [-0.05, 0) is 36.6 Å². The van der Waals surface area contributed by atoms with Crippen LogP contribution < -0.4 is 4.90 Å². The van der Waals surface area contributed by atoms with E-state index in [-0.39, 0.29) is 18.1 Å². The number of anilines is 1. The highest BCUT2D eigenvalue weighted by Crippen LogP contribution is 2.53. The number of hydrogen-bond acceptors (Lipinski definition) is 6. The van der Waals surface area contributed by atoms with Gasteiger partial charge in [0.2, 0.25) is 6.04 Å². The van der Waals surface area contributed by atoms with Crippen LogP contribution in [0.4, 0.5) is 5.69 Å². The number of nitrogens with zero attached hydrogens (tertiary/aromatic N) is 1. The molecule has 2 aliphatic rings. The fourth-order valence-corrected chi connectivity index (χ4v) is 4.81. The number of para-hydroxylation sites is 1. The van der Waals surface area contributed by atoms with Gasteiger partial charge in [0, 0.05) is 28.8 Å². The molecule has 0 unspecified atom stereocenters. The van der Waals surface area contributed by atoms with Crippen LogP contribution in [0.1, 0.15) is 36.1 Å². The Morgan fingerprint density at radius 1 is 1.07 bits per heavy atom. The molecule has 6 nitrogen and oxygen atoms in total. The van der Waals surface area contributed by atoms with Crippen molar-refractivity contribution in [2.24, 2.45) is 5.92 Å². The predicted octanol–water partition coefficient (Wildman–Crippen LogP) is 4.08. The van der Waals surface area contributed by atoms with Crippen LogP contribution in [0.2, 0.25) is 5.02 Å². The minimum absolute atomic E-state index is 0.0478. The van der Waals surface area contributed by atoms with Crippen LogP contribution in [0.25, 0.3) is 0 Å².